The van der Waals surface area contributed by atoms with Crippen LogP contribution in [-0.4, -0.2) is 132 Å². The number of piperazine rings is 1. The molecule has 16 nitrogen and oxygen atoms in total. The minimum absolute atomic E-state index is 0.0704. The minimum Gasteiger partial charge on any atom is -0.409 e. The molecule has 384 valence electrons. The molecule has 3 aliphatic rings. The highest BCUT2D eigenvalue weighted by Gasteiger charge is 2.37. The number of likely N-dealkylation sites (N-methyl/N-ethyl adjacent to an activating group) is 1. The molecule has 0 spiro atoms. The van der Waals surface area contributed by atoms with Crippen molar-refractivity contribution < 1.29 is 43.1 Å². The number of likely N-dealkylation sites (tertiary alicyclic amines) is 1. The minimum atomic E-state index is -0.713. The standard InChI is InChI=1S/C56H64ClN7O9/c1-34(2)53(60-54(70)35(3)9-7-21-58-49(67)12-8-22-63-50(68)19-20-51(63)69)47(66)28-36-13-16-38(17-14-36)46(65)29-37-15-18-43-39(27-37)30-44(59-43)55(71)64-33-40(32-57)52-42-11-6-5-10-41(42)48(31-45(52)64)73-56(72)62-25-23-61(4)24-26-62/h5-6,10-11,13-18,27,30-31,34-35,40,53,59H,7-9,12,19-26,28-29,32-33H2,1-4H3,(H,58,67)(H,60,70)/t35-,40-,53+/m1/s1. The van der Waals surface area contributed by atoms with Gasteiger partial charge >= 0.3 is 6.09 Å². The number of ether oxygens (including phenoxy) is 1. The number of halogens is 1. The van der Waals surface area contributed by atoms with E-state index in [1.807, 2.05) is 63.4 Å². The highest BCUT2D eigenvalue weighted by atomic mass is 35.5. The number of imide groups is 1. The number of amides is 6. The van der Waals surface area contributed by atoms with Gasteiger partial charge in [0.1, 0.15) is 11.4 Å². The number of hydrogen-bond acceptors (Lipinski definition) is 10. The molecule has 0 aliphatic carbocycles. The Morgan fingerprint density at radius 3 is 2.22 bits per heavy atom. The molecule has 6 amide bonds. The Bertz CT molecular complexity index is 2910. The maximum Gasteiger partial charge on any atom is 0.415 e. The summed E-state index contributed by atoms with van der Waals surface area (Å²) in [5.74, 6) is -1.39. The van der Waals surface area contributed by atoms with E-state index in [0.717, 1.165) is 45.9 Å². The predicted octanol–water partition coefficient (Wildman–Crippen LogP) is 7.19. The average Bonchev–Trinajstić information content (AvgIpc) is 4.08. The SMILES string of the molecule is CC(C)[C@H](NC(=O)[C@H](C)CCCNC(=O)CCCN1C(=O)CCC1=O)C(=O)Cc1ccc(C(=O)Cc2ccc3[nH]c(C(=O)N4C[C@@H](CCl)c5c4cc(OC(=O)N4CCN(C)CC4)c4ccccc54)cc3c2)cc1. The maximum atomic E-state index is 14.4. The number of rotatable bonds is 20. The summed E-state index contributed by atoms with van der Waals surface area (Å²) in [6, 6.07) is 23.1. The van der Waals surface area contributed by atoms with Crippen LogP contribution >= 0.6 is 11.6 Å². The number of H-pyrrole nitrogens is 1. The van der Waals surface area contributed by atoms with Crippen LogP contribution in [0.2, 0.25) is 0 Å². The van der Waals surface area contributed by atoms with Crippen molar-refractivity contribution in [3.63, 3.8) is 0 Å². The van der Waals surface area contributed by atoms with E-state index in [0.29, 0.717) is 73.7 Å². The van der Waals surface area contributed by atoms with E-state index >= 15 is 0 Å². The summed E-state index contributed by atoms with van der Waals surface area (Å²) in [5, 5.41) is 8.18. The van der Waals surface area contributed by atoms with E-state index in [1.165, 1.54) is 4.90 Å². The van der Waals surface area contributed by atoms with Gasteiger partial charge in [-0.2, -0.15) is 0 Å². The molecule has 3 atom stereocenters. The Labute approximate surface area is 430 Å². The molecule has 4 heterocycles. The fourth-order valence-corrected chi connectivity index (χ4v) is 10.2. The van der Waals surface area contributed by atoms with Crippen molar-refractivity contribution in [1.82, 2.24) is 30.3 Å². The lowest BCUT2D eigenvalue weighted by Gasteiger charge is -2.31. The van der Waals surface area contributed by atoms with E-state index in [1.54, 1.807) is 53.1 Å². The quantitative estimate of drug-likeness (QED) is 0.0311. The van der Waals surface area contributed by atoms with Crippen molar-refractivity contribution in [3.8, 4) is 5.75 Å². The van der Waals surface area contributed by atoms with Crippen molar-refractivity contribution in [2.45, 2.75) is 84.1 Å². The first-order valence-electron chi connectivity index (χ1n) is 25.3. The van der Waals surface area contributed by atoms with Crippen LogP contribution in [0.1, 0.15) is 103 Å². The van der Waals surface area contributed by atoms with Crippen LogP contribution in [0, 0.1) is 11.8 Å². The third kappa shape index (κ3) is 12.3. The zero-order valence-electron chi connectivity index (χ0n) is 42.0. The Morgan fingerprint density at radius 1 is 0.822 bits per heavy atom. The molecule has 0 saturated carbocycles. The molecular weight excluding hydrogens is 950 g/mol. The van der Waals surface area contributed by atoms with Crippen LogP contribution < -0.4 is 20.3 Å². The number of aromatic nitrogens is 1. The highest BCUT2D eigenvalue weighted by Crippen LogP contribution is 2.46. The number of nitrogens with one attached hydrogen (secondary N) is 3. The number of aromatic amines is 1. The molecule has 4 aromatic carbocycles. The van der Waals surface area contributed by atoms with Crippen LogP contribution in [-0.2, 0) is 36.8 Å². The second-order valence-corrected chi connectivity index (χ2v) is 20.3. The van der Waals surface area contributed by atoms with Gasteiger partial charge < -0.3 is 35.1 Å². The van der Waals surface area contributed by atoms with Gasteiger partial charge in [0, 0.05) is 124 Å². The number of Topliss-reactive ketones (excluding diaryl/α,β-unsaturated/α-hetero) is 2. The van der Waals surface area contributed by atoms with Gasteiger partial charge in [0.15, 0.2) is 11.6 Å². The number of fused-ring (bicyclic) bond motifs is 4. The van der Waals surface area contributed by atoms with Crippen molar-refractivity contribution in [3.05, 3.63) is 107 Å². The number of anilines is 1. The Hall–Kier alpha value is -6.91. The number of nitrogens with zero attached hydrogens (tertiary/aromatic N) is 4. The van der Waals surface area contributed by atoms with E-state index in [4.69, 9.17) is 16.3 Å². The number of carbonyl (C=O) groups is 8. The summed E-state index contributed by atoms with van der Waals surface area (Å²) in [6.07, 6.45) is 1.85. The highest BCUT2D eigenvalue weighted by molar-refractivity contribution is 6.19. The zero-order chi connectivity index (χ0) is 51.9. The molecule has 2 fully saturated rings. The van der Waals surface area contributed by atoms with Crippen molar-refractivity contribution in [2.75, 3.05) is 63.6 Å². The van der Waals surface area contributed by atoms with Crippen molar-refractivity contribution in [2.24, 2.45) is 11.8 Å². The van der Waals surface area contributed by atoms with Crippen LogP contribution in [0.4, 0.5) is 10.5 Å². The van der Waals surface area contributed by atoms with Crippen LogP contribution in [0.25, 0.3) is 21.7 Å². The fourth-order valence-electron chi connectivity index (χ4n) is 9.96. The molecule has 17 heteroatoms. The van der Waals surface area contributed by atoms with E-state index in [2.05, 4.69) is 20.5 Å². The molecule has 2 saturated heterocycles. The second-order valence-electron chi connectivity index (χ2n) is 20.0. The third-order valence-electron chi connectivity index (χ3n) is 14.3. The monoisotopic (exact) mass is 1010 g/mol. The van der Waals surface area contributed by atoms with Crippen molar-refractivity contribution in [1.29, 1.82) is 0 Å². The van der Waals surface area contributed by atoms with Gasteiger partial charge in [0.25, 0.3) is 5.91 Å². The Balaban J connectivity index is 0.839. The molecule has 0 bridgehead atoms. The Morgan fingerprint density at radius 2 is 1.52 bits per heavy atom. The van der Waals surface area contributed by atoms with Gasteiger partial charge in [0.2, 0.25) is 23.6 Å². The summed E-state index contributed by atoms with van der Waals surface area (Å²) in [5.41, 5.74) is 4.63. The van der Waals surface area contributed by atoms with Crippen LogP contribution in [0.15, 0.2) is 78.9 Å². The van der Waals surface area contributed by atoms with Crippen LogP contribution in [0.5, 0.6) is 5.75 Å². The number of alkyl halides is 1. The lowest BCUT2D eigenvalue weighted by atomic mass is 9.93. The fraction of sp³-hybridized carbons (Fsp3) is 0.429. The first-order valence-corrected chi connectivity index (χ1v) is 25.9. The smallest absolute Gasteiger partial charge is 0.409 e. The van der Waals surface area contributed by atoms with Gasteiger partial charge in [-0.3, -0.25) is 38.5 Å². The molecule has 3 N–H and O–H groups in total. The summed E-state index contributed by atoms with van der Waals surface area (Å²) < 4.78 is 6.06. The molecular formula is C56H64ClN7O9. The van der Waals surface area contributed by atoms with Crippen LogP contribution in [0.3, 0.4) is 0 Å². The van der Waals surface area contributed by atoms with E-state index < -0.39 is 18.1 Å². The molecule has 1 aromatic heterocycles. The van der Waals surface area contributed by atoms with E-state index in [9.17, 15) is 38.4 Å². The normalized spacial score (nSPS) is 16.8. The molecule has 0 radical (unpaired) electrons. The zero-order valence-corrected chi connectivity index (χ0v) is 42.7. The third-order valence-corrected chi connectivity index (χ3v) is 14.7. The van der Waals surface area contributed by atoms with Gasteiger partial charge in [-0.05, 0) is 72.5 Å². The first kappa shape index (κ1) is 52.4. The summed E-state index contributed by atoms with van der Waals surface area (Å²) >= 11 is 6.56. The lowest BCUT2D eigenvalue weighted by molar-refractivity contribution is -0.139. The lowest BCUT2D eigenvalue weighted by Crippen LogP contribution is -2.48. The number of benzene rings is 4. The van der Waals surface area contributed by atoms with Gasteiger partial charge in [-0.25, -0.2) is 4.79 Å². The average molecular weight is 1010 g/mol. The first-order chi connectivity index (χ1) is 35.1. The molecule has 73 heavy (non-hydrogen) atoms. The molecule has 5 aromatic rings. The van der Waals surface area contributed by atoms with Crippen molar-refractivity contribution >= 4 is 86.2 Å². The Kier molecular flexibility index (Phi) is 16.7. The molecule has 3 aliphatic heterocycles. The number of ketones is 2. The number of carbonyl (C=O) groups excluding carboxylic acids is 8. The molecule has 8 rings (SSSR count). The van der Waals surface area contributed by atoms with Gasteiger partial charge in [-0.15, -0.1) is 11.6 Å². The second kappa shape index (κ2) is 23.3. The number of hydrogen-bond donors (Lipinski definition) is 3. The topological polar surface area (TPSA) is 199 Å². The summed E-state index contributed by atoms with van der Waals surface area (Å²) in [7, 11) is 2.02. The largest absolute Gasteiger partial charge is 0.415 e. The maximum absolute atomic E-state index is 14.4. The van der Waals surface area contributed by atoms with Gasteiger partial charge in [-0.1, -0.05) is 75.4 Å². The van der Waals surface area contributed by atoms with E-state index in [-0.39, 0.29) is 97.5 Å². The summed E-state index contributed by atoms with van der Waals surface area (Å²) in [4.78, 5) is 114. The molecule has 0 unspecified atom stereocenters. The summed E-state index contributed by atoms with van der Waals surface area (Å²) in [6.45, 7) is 9.12. The van der Waals surface area contributed by atoms with Gasteiger partial charge in [0.05, 0.1) is 11.7 Å². The predicted molar refractivity (Wildman–Crippen MR) is 279 cm³/mol.